The molecule has 0 heterocycles. The molecule has 0 fully saturated rings. The van der Waals surface area contributed by atoms with Crippen LogP contribution in [0.5, 0.6) is 0 Å². The Bertz CT molecular complexity index is 338. The van der Waals surface area contributed by atoms with Gasteiger partial charge in [0.25, 0.3) is 0 Å². The highest BCUT2D eigenvalue weighted by Crippen LogP contribution is 2.15. The molecule has 1 aromatic rings. The summed E-state index contributed by atoms with van der Waals surface area (Å²) in [6.45, 7) is 8.53. The zero-order valence-electron chi connectivity index (χ0n) is 10.5. The second-order valence-electron chi connectivity index (χ2n) is 4.24. The van der Waals surface area contributed by atoms with Crippen LogP contribution in [0.3, 0.4) is 0 Å². The van der Waals surface area contributed by atoms with Crippen molar-refractivity contribution in [2.24, 2.45) is 0 Å². The maximum atomic E-state index is 11.9. The summed E-state index contributed by atoms with van der Waals surface area (Å²) in [6.07, 6.45) is -0.352. The summed E-state index contributed by atoms with van der Waals surface area (Å²) in [5.41, 5.74) is 1.98. The number of ether oxygens (including phenoxy) is 1. The lowest BCUT2D eigenvalue weighted by molar-refractivity contribution is 0.0520. The highest BCUT2D eigenvalue weighted by atomic mass is 16.5. The van der Waals surface area contributed by atoms with Gasteiger partial charge in [0.05, 0.1) is 0 Å². The summed E-state index contributed by atoms with van der Waals surface area (Å²) < 4.78 is 5.29. The van der Waals surface area contributed by atoms with Gasteiger partial charge in [0.15, 0.2) is 5.78 Å². The molecule has 0 N–H and O–H groups in total. The number of Topliss-reactive ketones (excluding diaryl/α,β-unsaturated/α-hetero) is 1. The zero-order chi connectivity index (χ0) is 12.1. The van der Waals surface area contributed by atoms with Gasteiger partial charge in [-0.15, -0.1) is 0 Å². The predicted molar refractivity (Wildman–Crippen MR) is 65.9 cm³/mol. The van der Waals surface area contributed by atoms with Crippen LogP contribution >= 0.6 is 0 Å². The van der Waals surface area contributed by atoms with Crippen LogP contribution in [-0.4, -0.2) is 18.5 Å². The highest BCUT2D eigenvalue weighted by molar-refractivity contribution is 5.99. The Balaban J connectivity index is 2.77. The largest absolute Gasteiger partial charge is 0.371 e. The van der Waals surface area contributed by atoms with Gasteiger partial charge in [-0.25, -0.2) is 0 Å². The van der Waals surface area contributed by atoms with Gasteiger partial charge in [0.2, 0.25) is 0 Å². The Morgan fingerprint density at radius 1 is 1.19 bits per heavy atom. The van der Waals surface area contributed by atoms with Crippen molar-refractivity contribution in [1.29, 1.82) is 0 Å². The third kappa shape index (κ3) is 3.17. The summed E-state index contributed by atoms with van der Waals surface area (Å²) in [6, 6.07) is 7.79. The van der Waals surface area contributed by atoms with Crippen LogP contribution in [0.25, 0.3) is 0 Å². The minimum Gasteiger partial charge on any atom is -0.371 e. The smallest absolute Gasteiger partial charge is 0.191 e. The predicted octanol–water partition coefficient (Wildman–Crippen LogP) is 3.42. The van der Waals surface area contributed by atoms with Gasteiger partial charge in [0, 0.05) is 12.2 Å². The van der Waals surface area contributed by atoms with Gasteiger partial charge in [-0.2, -0.15) is 0 Å². The average Bonchev–Trinajstić information content (AvgIpc) is 2.28. The first-order chi connectivity index (χ1) is 7.56. The first-order valence-electron chi connectivity index (χ1n) is 5.82. The molecule has 0 spiro atoms. The van der Waals surface area contributed by atoms with Gasteiger partial charge >= 0.3 is 0 Å². The van der Waals surface area contributed by atoms with Crippen molar-refractivity contribution >= 4 is 5.78 Å². The molecule has 1 atom stereocenters. The van der Waals surface area contributed by atoms with Crippen molar-refractivity contribution in [1.82, 2.24) is 0 Å². The molecular weight excluding hydrogens is 200 g/mol. The lowest BCUT2D eigenvalue weighted by atomic mass is 9.99. The summed E-state index contributed by atoms with van der Waals surface area (Å²) >= 11 is 0. The molecule has 88 valence electrons. The van der Waals surface area contributed by atoms with E-state index in [4.69, 9.17) is 4.74 Å². The molecule has 0 aliphatic rings. The maximum Gasteiger partial charge on any atom is 0.191 e. The van der Waals surface area contributed by atoms with Gasteiger partial charge in [0.1, 0.15) is 6.10 Å². The van der Waals surface area contributed by atoms with E-state index in [2.05, 4.69) is 13.8 Å². The van der Waals surface area contributed by atoms with Gasteiger partial charge in [-0.1, -0.05) is 38.1 Å². The molecule has 2 nitrogen and oxygen atoms in total. The normalized spacial score (nSPS) is 12.8. The van der Waals surface area contributed by atoms with Crippen LogP contribution in [0.4, 0.5) is 0 Å². The van der Waals surface area contributed by atoms with Crippen molar-refractivity contribution in [3.63, 3.8) is 0 Å². The van der Waals surface area contributed by atoms with Crippen molar-refractivity contribution in [2.45, 2.75) is 39.7 Å². The molecule has 1 aromatic carbocycles. The lowest BCUT2D eigenvalue weighted by Crippen LogP contribution is -2.20. The standard InChI is InChI=1S/C14H20O2/c1-5-16-11(4)14(15)13-8-6-12(7-9-13)10(2)3/h6-11H,5H2,1-4H3. The molecule has 0 aromatic heterocycles. The molecule has 0 aliphatic carbocycles. The fourth-order valence-corrected chi connectivity index (χ4v) is 1.59. The van der Waals surface area contributed by atoms with Crippen molar-refractivity contribution in [3.8, 4) is 0 Å². The van der Waals surface area contributed by atoms with Crippen LogP contribution in [0.15, 0.2) is 24.3 Å². The van der Waals surface area contributed by atoms with E-state index in [1.807, 2.05) is 31.2 Å². The molecule has 2 heteroatoms. The van der Waals surface area contributed by atoms with Gasteiger partial charge in [-0.3, -0.25) is 4.79 Å². The Morgan fingerprint density at radius 3 is 2.19 bits per heavy atom. The van der Waals surface area contributed by atoms with Crippen molar-refractivity contribution in [2.75, 3.05) is 6.61 Å². The maximum absolute atomic E-state index is 11.9. The van der Waals surface area contributed by atoms with Gasteiger partial charge in [-0.05, 0) is 25.3 Å². The van der Waals surface area contributed by atoms with E-state index in [0.29, 0.717) is 12.5 Å². The number of ketones is 1. The van der Waals surface area contributed by atoms with E-state index in [1.165, 1.54) is 5.56 Å². The van der Waals surface area contributed by atoms with E-state index in [9.17, 15) is 4.79 Å². The molecule has 1 rings (SSSR count). The number of hydrogen-bond donors (Lipinski definition) is 0. The molecule has 16 heavy (non-hydrogen) atoms. The Labute approximate surface area is 97.6 Å². The number of carbonyl (C=O) groups excluding carboxylic acids is 1. The number of carbonyl (C=O) groups is 1. The summed E-state index contributed by atoms with van der Waals surface area (Å²) in [5, 5.41) is 0. The third-order valence-corrected chi connectivity index (χ3v) is 2.65. The molecule has 1 unspecified atom stereocenters. The van der Waals surface area contributed by atoms with E-state index in [0.717, 1.165) is 5.56 Å². The average molecular weight is 220 g/mol. The number of rotatable bonds is 5. The molecule has 0 aliphatic heterocycles. The number of benzene rings is 1. The molecule has 0 radical (unpaired) electrons. The minimum atomic E-state index is -0.352. The van der Waals surface area contributed by atoms with Crippen molar-refractivity contribution in [3.05, 3.63) is 35.4 Å². The monoisotopic (exact) mass is 220 g/mol. The SMILES string of the molecule is CCOC(C)C(=O)c1ccc(C(C)C)cc1. The van der Waals surface area contributed by atoms with E-state index >= 15 is 0 Å². The topological polar surface area (TPSA) is 26.3 Å². The Hall–Kier alpha value is -1.15. The fraction of sp³-hybridized carbons (Fsp3) is 0.500. The molecule has 0 saturated carbocycles. The fourth-order valence-electron chi connectivity index (χ4n) is 1.59. The van der Waals surface area contributed by atoms with Crippen LogP contribution in [-0.2, 0) is 4.74 Å². The number of hydrogen-bond acceptors (Lipinski definition) is 2. The first-order valence-corrected chi connectivity index (χ1v) is 5.82. The van der Waals surface area contributed by atoms with Crippen LogP contribution in [0, 0.1) is 0 Å². The molecular formula is C14H20O2. The van der Waals surface area contributed by atoms with E-state index in [1.54, 1.807) is 6.92 Å². The summed E-state index contributed by atoms with van der Waals surface area (Å²) in [7, 11) is 0. The zero-order valence-corrected chi connectivity index (χ0v) is 10.5. The van der Waals surface area contributed by atoms with E-state index in [-0.39, 0.29) is 11.9 Å². The second kappa shape index (κ2) is 5.80. The van der Waals surface area contributed by atoms with Crippen LogP contribution in [0.1, 0.15) is 49.5 Å². The first kappa shape index (κ1) is 12.9. The van der Waals surface area contributed by atoms with Gasteiger partial charge < -0.3 is 4.74 Å². The lowest BCUT2D eigenvalue weighted by Gasteiger charge is -2.11. The van der Waals surface area contributed by atoms with Crippen molar-refractivity contribution < 1.29 is 9.53 Å². The molecule has 0 bridgehead atoms. The third-order valence-electron chi connectivity index (χ3n) is 2.65. The molecule has 0 amide bonds. The van der Waals surface area contributed by atoms with Crippen LogP contribution in [0.2, 0.25) is 0 Å². The summed E-state index contributed by atoms with van der Waals surface area (Å²) in [5.74, 6) is 0.547. The second-order valence-corrected chi connectivity index (χ2v) is 4.24. The van der Waals surface area contributed by atoms with E-state index < -0.39 is 0 Å². The summed E-state index contributed by atoms with van der Waals surface area (Å²) in [4.78, 5) is 11.9. The molecule has 0 saturated heterocycles. The Kier molecular flexibility index (Phi) is 4.69. The quantitative estimate of drug-likeness (QED) is 0.711. The minimum absolute atomic E-state index is 0.0529. The highest BCUT2D eigenvalue weighted by Gasteiger charge is 2.14. The van der Waals surface area contributed by atoms with Crippen LogP contribution < -0.4 is 0 Å². The Morgan fingerprint density at radius 2 is 1.75 bits per heavy atom.